The lowest BCUT2D eigenvalue weighted by Gasteiger charge is -2.23. The average Bonchev–Trinajstić information content (AvgIpc) is 3.52. The summed E-state index contributed by atoms with van der Waals surface area (Å²) in [5.74, 6) is 0.268. The second-order valence-corrected chi connectivity index (χ2v) is 12.8. The van der Waals surface area contributed by atoms with Gasteiger partial charge in [-0.1, -0.05) is 47.7 Å². The second-order valence-electron chi connectivity index (χ2n) is 8.40. The Morgan fingerprint density at radius 3 is 2.66 bits per heavy atom. The fourth-order valence-electron chi connectivity index (χ4n) is 4.22. The van der Waals surface area contributed by atoms with Gasteiger partial charge in [-0.25, -0.2) is 9.79 Å². The number of thiophene rings is 1. The third-order valence-electron chi connectivity index (χ3n) is 5.88. The number of hydrogen-bond donors (Lipinski definition) is 0. The third kappa shape index (κ3) is 5.54. The van der Waals surface area contributed by atoms with E-state index in [-0.39, 0.29) is 12.2 Å². The summed E-state index contributed by atoms with van der Waals surface area (Å²) >= 11 is 7.34. The molecule has 0 unspecified atom stereocenters. The van der Waals surface area contributed by atoms with Crippen molar-refractivity contribution in [2.75, 3.05) is 6.61 Å². The van der Waals surface area contributed by atoms with E-state index in [2.05, 4.69) is 50.2 Å². The van der Waals surface area contributed by atoms with Gasteiger partial charge in [0.25, 0.3) is 5.56 Å². The van der Waals surface area contributed by atoms with Crippen molar-refractivity contribution in [3.8, 4) is 5.75 Å². The van der Waals surface area contributed by atoms with Crippen LogP contribution < -0.4 is 19.6 Å². The van der Waals surface area contributed by atoms with Crippen LogP contribution >= 0.6 is 67.9 Å². The Balaban J connectivity index is 1.64. The van der Waals surface area contributed by atoms with E-state index in [0.717, 1.165) is 28.9 Å². The van der Waals surface area contributed by atoms with Gasteiger partial charge in [-0.3, -0.25) is 9.36 Å². The molecule has 5 rings (SSSR count). The number of nitrogens with zero attached hydrogens (tertiary/aromatic N) is 2. The van der Waals surface area contributed by atoms with E-state index in [1.165, 1.54) is 22.7 Å². The first kappa shape index (κ1) is 27.3. The number of benzene rings is 2. The highest BCUT2D eigenvalue weighted by molar-refractivity contribution is 14.1. The normalized spacial score (nSPS) is 15.3. The van der Waals surface area contributed by atoms with Gasteiger partial charge in [-0.2, -0.15) is 0 Å². The van der Waals surface area contributed by atoms with Gasteiger partial charge < -0.3 is 9.47 Å². The van der Waals surface area contributed by atoms with Gasteiger partial charge in [-0.15, -0.1) is 11.3 Å². The van der Waals surface area contributed by atoms with E-state index >= 15 is 0 Å². The number of rotatable bonds is 7. The van der Waals surface area contributed by atoms with Crippen molar-refractivity contribution in [3.05, 3.63) is 114 Å². The molecule has 0 aliphatic carbocycles. The van der Waals surface area contributed by atoms with Crippen LogP contribution in [0.3, 0.4) is 0 Å². The number of esters is 1. The van der Waals surface area contributed by atoms with Crippen LogP contribution in [-0.4, -0.2) is 17.1 Å². The van der Waals surface area contributed by atoms with E-state index in [1.54, 1.807) is 18.4 Å². The monoisotopic (exact) mass is 768 g/mol. The maximum atomic E-state index is 13.9. The molecule has 0 saturated heterocycles. The van der Waals surface area contributed by atoms with E-state index < -0.39 is 12.0 Å². The molecule has 0 spiro atoms. The zero-order valence-corrected chi connectivity index (χ0v) is 26.4. The summed E-state index contributed by atoms with van der Waals surface area (Å²) in [5.41, 5.74) is 2.63. The molecule has 3 heterocycles. The number of carbonyl (C=O) groups excluding carboxylic acids is 1. The molecule has 0 radical (unpaired) electrons. The predicted molar refractivity (Wildman–Crippen MR) is 167 cm³/mol. The quantitative estimate of drug-likeness (QED) is 0.180. The van der Waals surface area contributed by atoms with E-state index in [9.17, 15) is 9.59 Å². The Morgan fingerprint density at radius 1 is 1.16 bits per heavy atom. The van der Waals surface area contributed by atoms with Crippen molar-refractivity contribution in [1.82, 2.24) is 4.57 Å². The number of allylic oxidation sites excluding steroid dienone is 1. The molecule has 194 valence electrons. The van der Waals surface area contributed by atoms with Gasteiger partial charge in [0.1, 0.15) is 18.4 Å². The number of aromatic nitrogens is 1. The molecule has 38 heavy (non-hydrogen) atoms. The lowest BCUT2D eigenvalue weighted by molar-refractivity contribution is -0.139. The zero-order chi connectivity index (χ0) is 26.8. The minimum absolute atomic E-state index is 0.204. The topological polar surface area (TPSA) is 69.9 Å². The van der Waals surface area contributed by atoms with Gasteiger partial charge in [0.15, 0.2) is 4.80 Å². The van der Waals surface area contributed by atoms with Gasteiger partial charge >= 0.3 is 5.97 Å². The van der Waals surface area contributed by atoms with Crippen LogP contribution in [0, 0.1) is 7.14 Å². The van der Waals surface area contributed by atoms with E-state index in [0.29, 0.717) is 27.2 Å². The third-order valence-corrected chi connectivity index (χ3v) is 9.21. The van der Waals surface area contributed by atoms with Crippen LogP contribution in [0.1, 0.15) is 35.9 Å². The van der Waals surface area contributed by atoms with Crippen LogP contribution in [0.25, 0.3) is 6.08 Å². The summed E-state index contributed by atoms with van der Waals surface area (Å²) in [4.78, 5) is 32.9. The summed E-state index contributed by atoms with van der Waals surface area (Å²) in [6, 6.07) is 17.3. The molecular weight excluding hydrogens is 746 g/mol. The highest BCUT2D eigenvalue weighted by atomic mass is 127. The summed E-state index contributed by atoms with van der Waals surface area (Å²) in [7, 11) is 0. The SMILES string of the molecule is CCOC(=O)C1=C(C)N=c2s/c(=C\c3cc(I)cc(I)c3OCc3ccccc3)c(=O)n2[C@H]1c1cccs1. The first-order valence-corrected chi connectivity index (χ1v) is 15.6. The maximum absolute atomic E-state index is 13.9. The van der Waals surface area contributed by atoms with E-state index in [4.69, 9.17) is 9.47 Å². The number of hydrogen-bond acceptors (Lipinski definition) is 7. The van der Waals surface area contributed by atoms with Crippen molar-refractivity contribution in [1.29, 1.82) is 0 Å². The molecule has 1 aliphatic rings. The second kappa shape index (κ2) is 11.8. The molecule has 2 aromatic heterocycles. The largest absolute Gasteiger partial charge is 0.487 e. The molecule has 4 aromatic rings. The van der Waals surface area contributed by atoms with Crippen molar-refractivity contribution < 1.29 is 14.3 Å². The highest BCUT2D eigenvalue weighted by Crippen LogP contribution is 2.33. The Hall–Kier alpha value is -2.29. The lowest BCUT2D eigenvalue weighted by Crippen LogP contribution is -2.39. The zero-order valence-electron chi connectivity index (χ0n) is 20.4. The Bertz CT molecular complexity index is 1710. The number of ether oxygens (including phenoxy) is 2. The number of thiazole rings is 1. The molecule has 10 heteroatoms. The van der Waals surface area contributed by atoms with Gasteiger partial charge in [0, 0.05) is 14.0 Å². The fraction of sp³-hybridized carbons (Fsp3) is 0.179. The Kier molecular flexibility index (Phi) is 8.50. The molecule has 6 nitrogen and oxygen atoms in total. The van der Waals surface area contributed by atoms with Gasteiger partial charge in [0.2, 0.25) is 0 Å². The summed E-state index contributed by atoms with van der Waals surface area (Å²) < 4.78 is 15.7. The molecule has 0 N–H and O–H groups in total. The maximum Gasteiger partial charge on any atom is 0.338 e. The van der Waals surface area contributed by atoms with Crippen molar-refractivity contribution in [2.24, 2.45) is 4.99 Å². The summed E-state index contributed by atoms with van der Waals surface area (Å²) in [6.07, 6.45) is 1.86. The molecule has 0 fully saturated rings. The first-order chi connectivity index (χ1) is 18.4. The minimum atomic E-state index is -0.586. The lowest BCUT2D eigenvalue weighted by atomic mass is 10.0. The molecule has 0 saturated carbocycles. The van der Waals surface area contributed by atoms with Crippen molar-refractivity contribution >= 4 is 79.9 Å². The van der Waals surface area contributed by atoms with Gasteiger partial charge in [-0.05, 0) is 94.2 Å². The Morgan fingerprint density at radius 2 is 1.95 bits per heavy atom. The average molecular weight is 768 g/mol. The minimum Gasteiger partial charge on any atom is -0.487 e. The molecular formula is C28H22I2N2O4S2. The van der Waals surface area contributed by atoms with Crippen LogP contribution in [-0.2, 0) is 16.1 Å². The molecule has 2 aromatic carbocycles. The standard InChI is InChI=1S/C28H22I2N2O4S2/c1-3-35-27(34)23-16(2)31-28-32(24(23)21-10-7-11-37-21)26(33)22(38-28)13-18-12-19(29)14-20(30)25(18)36-15-17-8-5-4-6-9-17/h4-14,24H,3,15H2,1-2H3/b22-13-/t24-/m0/s1. The molecule has 0 bridgehead atoms. The predicted octanol–water partition coefficient (Wildman–Crippen LogP) is 5.65. The van der Waals surface area contributed by atoms with Crippen LogP contribution in [0.2, 0.25) is 0 Å². The van der Waals surface area contributed by atoms with Crippen molar-refractivity contribution in [3.63, 3.8) is 0 Å². The summed E-state index contributed by atoms with van der Waals surface area (Å²) in [6.45, 7) is 4.22. The van der Waals surface area contributed by atoms with E-state index in [1.807, 2.05) is 66.1 Å². The van der Waals surface area contributed by atoms with Crippen LogP contribution in [0.15, 0.2) is 81.0 Å². The number of carbonyl (C=O) groups is 1. The highest BCUT2D eigenvalue weighted by Gasteiger charge is 2.33. The molecule has 0 amide bonds. The molecule has 1 atom stereocenters. The molecule has 1 aliphatic heterocycles. The summed E-state index contributed by atoms with van der Waals surface area (Å²) in [5, 5.41) is 1.94. The van der Waals surface area contributed by atoms with Gasteiger partial charge in [0.05, 0.1) is 26.0 Å². The fourth-order valence-corrected chi connectivity index (χ4v) is 8.12. The first-order valence-electron chi connectivity index (χ1n) is 11.8. The van der Waals surface area contributed by atoms with Crippen LogP contribution in [0.5, 0.6) is 5.75 Å². The van der Waals surface area contributed by atoms with Crippen molar-refractivity contribution in [2.45, 2.75) is 26.5 Å². The number of fused-ring (bicyclic) bond motifs is 1. The number of halogens is 2. The smallest absolute Gasteiger partial charge is 0.338 e. The van der Waals surface area contributed by atoms with Crippen LogP contribution in [0.4, 0.5) is 0 Å². The Labute approximate surface area is 254 Å².